The molecule has 0 saturated carbocycles. The van der Waals surface area contributed by atoms with Crippen LogP contribution in [0.2, 0.25) is 0 Å². The Morgan fingerprint density at radius 1 is 1.44 bits per heavy atom. The van der Waals surface area contributed by atoms with Gasteiger partial charge in [0.05, 0.1) is 12.7 Å². The number of hydrogen-bond acceptors (Lipinski definition) is 3. The molecule has 1 saturated heterocycles. The van der Waals surface area contributed by atoms with Gasteiger partial charge < -0.3 is 4.74 Å². The molecule has 1 unspecified atom stereocenters. The van der Waals surface area contributed by atoms with Gasteiger partial charge in [-0.15, -0.1) is 0 Å². The zero-order valence-corrected chi connectivity index (χ0v) is 11.2. The number of carbonyl (C=O) groups excluding carboxylic acids is 1. The Bertz CT molecular complexity index is 417. The normalized spacial score (nSPS) is 20.7. The Kier molecular flexibility index (Phi) is 4.37. The maximum absolute atomic E-state index is 11.5. The summed E-state index contributed by atoms with van der Waals surface area (Å²) >= 11 is 0. The Hall–Kier alpha value is -1.35. The largest absolute Gasteiger partial charge is 0.465 e. The molecule has 3 heteroatoms. The predicted molar refractivity (Wildman–Crippen MR) is 71.5 cm³/mol. The fourth-order valence-electron chi connectivity index (χ4n) is 2.54. The highest BCUT2D eigenvalue weighted by Gasteiger charge is 2.18. The van der Waals surface area contributed by atoms with Gasteiger partial charge in [0.1, 0.15) is 0 Å². The highest BCUT2D eigenvalue weighted by molar-refractivity contribution is 5.89. The smallest absolute Gasteiger partial charge is 0.337 e. The Morgan fingerprint density at radius 3 is 3.00 bits per heavy atom. The summed E-state index contributed by atoms with van der Waals surface area (Å²) < 4.78 is 4.75. The molecular formula is C15H21NO2. The zero-order valence-electron chi connectivity index (χ0n) is 11.2. The van der Waals surface area contributed by atoms with Crippen molar-refractivity contribution in [3.8, 4) is 0 Å². The molecule has 1 fully saturated rings. The van der Waals surface area contributed by atoms with E-state index < -0.39 is 0 Å². The van der Waals surface area contributed by atoms with Crippen LogP contribution >= 0.6 is 0 Å². The van der Waals surface area contributed by atoms with Gasteiger partial charge in [0.2, 0.25) is 0 Å². The highest BCUT2D eigenvalue weighted by Crippen LogP contribution is 2.19. The summed E-state index contributed by atoms with van der Waals surface area (Å²) in [7, 11) is 1.42. The van der Waals surface area contributed by atoms with E-state index >= 15 is 0 Å². The van der Waals surface area contributed by atoms with Crippen LogP contribution in [-0.4, -0.2) is 30.6 Å². The third-order valence-corrected chi connectivity index (χ3v) is 3.67. The monoisotopic (exact) mass is 247 g/mol. The Labute approximate surface area is 109 Å². The van der Waals surface area contributed by atoms with Crippen molar-refractivity contribution >= 4 is 5.97 Å². The summed E-state index contributed by atoms with van der Waals surface area (Å²) in [6.45, 7) is 4.36. The van der Waals surface area contributed by atoms with Gasteiger partial charge in [-0.3, -0.25) is 4.90 Å². The zero-order chi connectivity index (χ0) is 13.0. The van der Waals surface area contributed by atoms with Crippen molar-refractivity contribution in [3.63, 3.8) is 0 Å². The van der Waals surface area contributed by atoms with E-state index in [-0.39, 0.29) is 5.97 Å². The van der Waals surface area contributed by atoms with Crippen LogP contribution < -0.4 is 0 Å². The molecule has 1 aliphatic rings. The first-order valence-electron chi connectivity index (χ1n) is 6.62. The fourth-order valence-corrected chi connectivity index (χ4v) is 2.54. The lowest BCUT2D eigenvalue weighted by Gasteiger charge is -2.33. The molecule has 1 aliphatic heterocycles. The molecule has 0 N–H and O–H groups in total. The number of methoxy groups -OCH3 is 1. The van der Waals surface area contributed by atoms with Crippen LogP contribution in [0.25, 0.3) is 0 Å². The molecule has 0 aliphatic carbocycles. The third kappa shape index (κ3) is 3.10. The van der Waals surface area contributed by atoms with Crippen molar-refractivity contribution in [2.75, 3.05) is 13.7 Å². The second-order valence-corrected chi connectivity index (χ2v) is 5.01. The van der Waals surface area contributed by atoms with Crippen molar-refractivity contribution in [3.05, 3.63) is 35.4 Å². The van der Waals surface area contributed by atoms with E-state index in [0.29, 0.717) is 11.6 Å². The molecule has 1 atom stereocenters. The number of benzene rings is 1. The van der Waals surface area contributed by atoms with Crippen LogP contribution in [0.3, 0.4) is 0 Å². The van der Waals surface area contributed by atoms with Crippen molar-refractivity contribution in [1.82, 2.24) is 4.90 Å². The lowest BCUT2D eigenvalue weighted by Crippen LogP contribution is -2.36. The van der Waals surface area contributed by atoms with Crippen molar-refractivity contribution in [2.24, 2.45) is 0 Å². The molecular weight excluding hydrogens is 226 g/mol. The number of likely N-dealkylation sites (tertiary alicyclic amines) is 1. The van der Waals surface area contributed by atoms with Crippen LogP contribution in [0.5, 0.6) is 0 Å². The quantitative estimate of drug-likeness (QED) is 0.769. The summed E-state index contributed by atoms with van der Waals surface area (Å²) in [4.78, 5) is 14.0. The maximum Gasteiger partial charge on any atom is 0.337 e. The summed E-state index contributed by atoms with van der Waals surface area (Å²) in [6, 6.07) is 8.38. The molecule has 2 rings (SSSR count). The van der Waals surface area contributed by atoms with E-state index in [9.17, 15) is 4.79 Å². The standard InChI is InChI=1S/C15H21NO2/c1-12-6-3-4-9-16(12)11-13-7-5-8-14(10-13)15(17)18-2/h5,7-8,10,12H,3-4,6,9,11H2,1-2H3. The number of ether oxygens (including phenoxy) is 1. The molecule has 1 aromatic carbocycles. The number of esters is 1. The van der Waals surface area contributed by atoms with E-state index in [2.05, 4.69) is 17.9 Å². The van der Waals surface area contributed by atoms with Crippen LogP contribution in [0.15, 0.2) is 24.3 Å². The van der Waals surface area contributed by atoms with E-state index in [1.807, 2.05) is 12.1 Å². The van der Waals surface area contributed by atoms with Gasteiger partial charge in [0.15, 0.2) is 0 Å². The van der Waals surface area contributed by atoms with Crippen molar-refractivity contribution < 1.29 is 9.53 Å². The van der Waals surface area contributed by atoms with Crippen LogP contribution in [0.1, 0.15) is 42.1 Å². The molecule has 98 valence electrons. The van der Waals surface area contributed by atoms with Gasteiger partial charge in [-0.2, -0.15) is 0 Å². The van der Waals surface area contributed by atoms with Crippen LogP contribution in [-0.2, 0) is 11.3 Å². The lowest BCUT2D eigenvalue weighted by atomic mass is 10.0. The van der Waals surface area contributed by atoms with Gasteiger partial charge in [-0.25, -0.2) is 4.79 Å². The number of piperidine rings is 1. The molecule has 1 aromatic rings. The second-order valence-electron chi connectivity index (χ2n) is 5.01. The maximum atomic E-state index is 11.5. The van der Waals surface area contributed by atoms with Crippen molar-refractivity contribution in [2.45, 2.75) is 38.8 Å². The minimum Gasteiger partial charge on any atom is -0.465 e. The number of hydrogen-bond donors (Lipinski definition) is 0. The minimum atomic E-state index is -0.261. The topological polar surface area (TPSA) is 29.5 Å². The van der Waals surface area contributed by atoms with E-state index in [4.69, 9.17) is 4.74 Å². The highest BCUT2D eigenvalue weighted by atomic mass is 16.5. The molecule has 3 nitrogen and oxygen atoms in total. The molecule has 18 heavy (non-hydrogen) atoms. The molecule has 0 spiro atoms. The average Bonchev–Trinajstić information content (AvgIpc) is 2.41. The predicted octanol–water partition coefficient (Wildman–Crippen LogP) is 2.85. The molecule has 0 bridgehead atoms. The fraction of sp³-hybridized carbons (Fsp3) is 0.533. The van der Waals surface area contributed by atoms with Crippen molar-refractivity contribution in [1.29, 1.82) is 0 Å². The minimum absolute atomic E-state index is 0.261. The molecule has 0 amide bonds. The Morgan fingerprint density at radius 2 is 2.28 bits per heavy atom. The summed E-state index contributed by atoms with van der Waals surface area (Å²) in [5.74, 6) is -0.261. The molecule has 0 aromatic heterocycles. The number of rotatable bonds is 3. The van der Waals surface area contributed by atoms with E-state index in [1.165, 1.54) is 31.9 Å². The Balaban J connectivity index is 2.06. The first kappa shape index (κ1) is 13.1. The van der Waals surface area contributed by atoms with E-state index in [1.54, 1.807) is 6.07 Å². The SMILES string of the molecule is COC(=O)c1cccc(CN2CCCCC2C)c1. The third-order valence-electron chi connectivity index (χ3n) is 3.67. The molecule has 0 radical (unpaired) electrons. The molecule has 1 heterocycles. The first-order chi connectivity index (χ1) is 8.70. The average molecular weight is 247 g/mol. The number of nitrogens with zero attached hydrogens (tertiary/aromatic N) is 1. The van der Waals surface area contributed by atoms with Gasteiger partial charge in [0.25, 0.3) is 0 Å². The van der Waals surface area contributed by atoms with Gasteiger partial charge >= 0.3 is 5.97 Å². The summed E-state index contributed by atoms with van der Waals surface area (Å²) in [5.41, 5.74) is 1.83. The van der Waals surface area contributed by atoms with Gasteiger partial charge in [0, 0.05) is 12.6 Å². The summed E-state index contributed by atoms with van der Waals surface area (Å²) in [5, 5.41) is 0. The first-order valence-corrected chi connectivity index (χ1v) is 6.62. The van der Waals surface area contributed by atoms with Crippen LogP contribution in [0, 0.1) is 0 Å². The van der Waals surface area contributed by atoms with E-state index in [0.717, 1.165) is 13.1 Å². The van der Waals surface area contributed by atoms with Gasteiger partial charge in [-0.1, -0.05) is 18.6 Å². The summed E-state index contributed by atoms with van der Waals surface area (Å²) in [6.07, 6.45) is 3.89. The van der Waals surface area contributed by atoms with Crippen LogP contribution in [0.4, 0.5) is 0 Å². The lowest BCUT2D eigenvalue weighted by molar-refractivity contribution is 0.0600. The number of carbonyl (C=O) groups is 1. The van der Waals surface area contributed by atoms with Gasteiger partial charge in [-0.05, 0) is 44.0 Å². The second kappa shape index (κ2) is 6.01.